The Kier molecular flexibility index (Phi) is 5.51. The third-order valence-electron chi connectivity index (χ3n) is 3.02. The molecular weight excluding hydrogens is 266 g/mol. The molecule has 0 saturated carbocycles. The summed E-state index contributed by atoms with van der Waals surface area (Å²) in [4.78, 5) is 9.09. The summed E-state index contributed by atoms with van der Waals surface area (Å²) in [5, 5.41) is 3.22. The quantitative estimate of drug-likeness (QED) is 0.848. The number of hydrogen-bond donors (Lipinski definition) is 1. The Bertz CT molecular complexity index is 563. The Morgan fingerprint density at radius 2 is 1.95 bits per heavy atom. The molecule has 0 amide bonds. The maximum Gasteiger partial charge on any atom is 0.135 e. The van der Waals surface area contributed by atoms with Crippen molar-refractivity contribution < 1.29 is 9.47 Å². The molecule has 1 N–H and O–H groups in total. The van der Waals surface area contributed by atoms with Crippen LogP contribution in [0.25, 0.3) is 0 Å². The van der Waals surface area contributed by atoms with Crippen molar-refractivity contribution in [2.75, 3.05) is 26.1 Å². The molecule has 0 radical (unpaired) electrons. The van der Waals surface area contributed by atoms with Crippen molar-refractivity contribution >= 4 is 5.82 Å². The van der Waals surface area contributed by atoms with E-state index in [1.54, 1.807) is 14.2 Å². The van der Waals surface area contributed by atoms with E-state index in [0.29, 0.717) is 13.0 Å². The average molecular weight is 287 g/mol. The van der Waals surface area contributed by atoms with Crippen LogP contribution in [0.4, 0.5) is 5.82 Å². The standard InChI is InChI=1S/C16H21N3O2/c1-4-17-15-10-13(11-20-2)18-16(19-15)9-12-7-5-6-8-14(12)21-3/h5-8,10H,4,9,11H2,1-3H3,(H,17,18,19). The summed E-state index contributed by atoms with van der Waals surface area (Å²) in [5.74, 6) is 2.43. The van der Waals surface area contributed by atoms with Crippen LogP contribution >= 0.6 is 0 Å². The fourth-order valence-electron chi connectivity index (χ4n) is 2.14. The number of para-hydroxylation sites is 1. The minimum absolute atomic E-state index is 0.472. The van der Waals surface area contributed by atoms with Gasteiger partial charge in [0.05, 0.1) is 19.4 Å². The predicted octanol–water partition coefficient (Wildman–Crippen LogP) is 2.65. The number of nitrogens with one attached hydrogen (secondary N) is 1. The predicted molar refractivity (Wildman–Crippen MR) is 82.7 cm³/mol. The van der Waals surface area contributed by atoms with Crippen molar-refractivity contribution in [3.05, 3.63) is 47.4 Å². The highest BCUT2D eigenvalue weighted by molar-refractivity contribution is 5.39. The monoisotopic (exact) mass is 287 g/mol. The lowest BCUT2D eigenvalue weighted by Gasteiger charge is -2.10. The van der Waals surface area contributed by atoms with Gasteiger partial charge in [0.15, 0.2) is 0 Å². The van der Waals surface area contributed by atoms with Gasteiger partial charge in [-0.3, -0.25) is 0 Å². The van der Waals surface area contributed by atoms with Crippen LogP contribution in [0.1, 0.15) is 24.0 Å². The van der Waals surface area contributed by atoms with E-state index in [2.05, 4.69) is 15.3 Å². The average Bonchev–Trinajstić information content (AvgIpc) is 2.48. The molecule has 0 aliphatic heterocycles. The second kappa shape index (κ2) is 7.59. The lowest BCUT2D eigenvalue weighted by molar-refractivity contribution is 0.181. The fraction of sp³-hybridized carbons (Fsp3) is 0.375. The fourth-order valence-corrected chi connectivity index (χ4v) is 2.14. The van der Waals surface area contributed by atoms with Gasteiger partial charge in [-0.2, -0.15) is 0 Å². The molecule has 0 saturated heterocycles. The number of rotatable bonds is 7. The lowest BCUT2D eigenvalue weighted by atomic mass is 10.1. The van der Waals surface area contributed by atoms with Gasteiger partial charge in [-0.25, -0.2) is 9.97 Å². The maximum absolute atomic E-state index is 5.38. The first-order chi connectivity index (χ1) is 10.3. The number of hydrogen-bond acceptors (Lipinski definition) is 5. The van der Waals surface area contributed by atoms with Gasteiger partial charge in [0, 0.05) is 31.7 Å². The van der Waals surface area contributed by atoms with Gasteiger partial charge < -0.3 is 14.8 Å². The van der Waals surface area contributed by atoms with Crippen LogP contribution in [-0.2, 0) is 17.8 Å². The summed E-state index contributed by atoms with van der Waals surface area (Å²) in [5.41, 5.74) is 1.94. The molecule has 1 heterocycles. The zero-order valence-electron chi connectivity index (χ0n) is 12.7. The second-order valence-electron chi connectivity index (χ2n) is 4.61. The number of aromatic nitrogens is 2. The van der Waals surface area contributed by atoms with Crippen LogP contribution in [-0.4, -0.2) is 30.7 Å². The van der Waals surface area contributed by atoms with Gasteiger partial charge >= 0.3 is 0 Å². The Morgan fingerprint density at radius 1 is 1.14 bits per heavy atom. The molecule has 0 atom stereocenters. The highest BCUT2D eigenvalue weighted by Gasteiger charge is 2.08. The van der Waals surface area contributed by atoms with Crippen molar-refractivity contribution in [3.8, 4) is 5.75 Å². The van der Waals surface area contributed by atoms with E-state index in [1.165, 1.54) is 0 Å². The van der Waals surface area contributed by atoms with Gasteiger partial charge in [-0.05, 0) is 13.0 Å². The molecule has 0 bridgehead atoms. The molecule has 5 heteroatoms. The molecule has 2 rings (SSSR count). The Labute approximate surface area is 125 Å². The maximum atomic E-state index is 5.38. The first kappa shape index (κ1) is 15.3. The van der Waals surface area contributed by atoms with Crippen LogP contribution in [0.2, 0.25) is 0 Å². The molecule has 1 aromatic carbocycles. The minimum atomic E-state index is 0.472. The summed E-state index contributed by atoms with van der Waals surface area (Å²) in [7, 11) is 3.33. The summed E-state index contributed by atoms with van der Waals surface area (Å²) in [6.45, 7) is 3.33. The summed E-state index contributed by atoms with van der Waals surface area (Å²) in [6.07, 6.45) is 0.625. The van der Waals surface area contributed by atoms with E-state index >= 15 is 0 Å². The van der Waals surface area contributed by atoms with E-state index in [4.69, 9.17) is 9.47 Å². The molecule has 1 aromatic heterocycles. The molecule has 5 nitrogen and oxygen atoms in total. The number of methoxy groups -OCH3 is 2. The van der Waals surface area contributed by atoms with Crippen molar-refractivity contribution in [1.82, 2.24) is 9.97 Å². The Hall–Kier alpha value is -2.14. The van der Waals surface area contributed by atoms with Gasteiger partial charge in [0.25, 0.3) is 0 Å². The molecule has 0 aliphatic rings. The first-order valence-corrected chi connectivity index (χ1v) is 6.98. The van der Waals surface area contributed by atoms with E-state index in [1.807, 2.05) is 37.3 Å². The van der Waals surface area contributed by atoms with Crippen LogP contribution < -0.4 is 10.1 Å². The van der Waals surface area contributed by atoms with Crippen molar-refractivity contribution in [3.63, 3.8) is 0 Å². The lowest BCUT2D eigenvalue weighted by Crippen LogP contribution is -2.07. The molecule has 0 unspecified atom stereocenters. The molecule has 0 fully saturated rings. The molecule has 2 aromatic rings. The SMILES string of the molecule is CCNc1cc(COC)nc(Cc2ccccc2OC)n1. The highest BCUT2D eigenvalue weighted by Crippen LogP contribution is 2.20. The molecule has 112 valence electrons. The summed E-state index contributed by atoms with van der Waals surface area (Å²) in [6, 6.07) is 9.83. The second-order valence-corrected chi connectivity index (χ2v) is 4.61. The zero-order chi connectivity index (χ0) is 15.1. The summed E-state index contributed by atoms with van der Waals surface area (Å²) < 4.78 is 10.5. The Balaban J connectivity index is 2.29. The largest absolute Gasteiger partial charge is 0.496 e. The van der Waals surface area contributed by atoms with Crippen LogP contribution in [0, 0.1) is 0 Å². The van der Waals surface area contributed by atoms with Crippen molar-refractivity contribution in [1.29, 1.82) is 0 Å². The van der Waals surface area contributed by atoms with Crippen LogP contribution in [0.3, 0.4) is 0 Å². The number of ether oxygens (including phenoxy) is 2. The van der Waals surface area contributed by atoms with Crippen LogP contribution in [0.15, 0.2) is 30.3 Å². The highest BCUT2D eigenvalue weighted by atomic mass is 16.5. The van der Waals surface area contributed by atoms with E-state index in [9.17, 15) is 0 Å². The number of anilines is 1. The van der Waals surface area contributed by atoms with E-state index < -0.39 is 0 Å². The number of benzene rings is 1. The zero-order valence-corrected chi connectivity index (χ0v) is 12.7. The number of nitrogens with zero attached hydrogens (tertiary/aromatic N) is 2. The Morgan fingerprint density at radius 3 is 2.67 bits per heavy atom. The summed E-state index contributed by atoms with van der Waals surface area (Å²) >= 11 is 0. The van der Waals surface area contributed by atoms with Gasteiger partial charge in [-0.1, -0.05) is 18.2 Å². The topological polar surface area (TPSA) is 56.3 Å². The minimum Gasteiger partial charge on any atom is -0.496 e. The third kappa shape index (κ3) is 4.16. The first-order valence-electron chi connectivity index (χ1n) is 6.98. The molecular formula is C16H21N3O2. The van der Waals surface area contributed by atoms with Crippen LogP contribution in [0.5, 0.6) is 5.75 Å². The van der Waals surface area contributed by atoms with Crippen molar-refractivity contribution in [2.24, 2.45) is 0 Å². The van der Waals surface area contributed by atoms with Gasteiger partial charge in [0.1, 0.15) is 17.4 Å². The third-order valence-corrected chi connectivity index (χ3v) is 3.02. The molecule has 21 heavy (non-hydrogen) atoms. The van der Waals surface area contributed by atoms with E-state index in [0.717, 1.165) is 35.2 Å². The smallest absolute Gasteiger partial charge is 0.135 e. The van der Waals surface area contributed by atoms with Gasteiger partial charge in [-0.15, -0.1) is 0 Å². The van der Waals surface area contributed by atoms with E-state index in [-0.39, 0.29) is 0 Å². The van der Waals surface area contributed by atoms with Crippen molar-refractivity contribution in [2.45, 2.75) is 20.0 Å². The van der Waals surface area contributed by atoms with Gasteiger partial charge in [0.2, 0.25) is 0 Å². The molecule has 0 aliphatic carbocycles. The molecule has 0 spiro atoms. The normalized spacial score (nSPS) is 10.4.